The number of carbonyl (C=O) groups excluding carboxylic acids is 3. The van der Waals surface area contributed by atoms with Crippen LogP contribution in [-0.4, -0.2) is 86.4 Å². The second-order valence-corrected chi connectivity index (χ2v) is 8.28. The van der Waals surface area contributed by atoms with Crippen LogP contribution in [0.1, 0.15) is 17.3 Å². The molecule has 37 heavy (non-hydrogen) atoms. The first-order valence-corrected chi connectivity index (χ1v) is 11.9. The standard InChI is InChI=1S/C27H29N3O7/c1-4-36-27(33)30-13-11-29(12-14-30)25(31)17-37-26(32)20-16-22(28-21-8-6-5-7-19(20)21)18-9-10-23(34-2)24(15-18)35-3/h5-10,15-16H,4,11-14,17H2,1-3H3. The molecule has 2 aromatic carbocycles. The van der Waals surface area contributed by atoms with Crippen molar-refractivity contribution in [2.24, 2.45) is 0 Å². The average molecular weight is 508 g/mol. The third-order valence-electron chi connectivity index (χ3n) is 6.10. The summed E-state index contributed by atoms with van der Waals surface area (Å²) in [5.41, 5.74) is 2.19. The normalized spacial score (nSPS) is 13.3. The lowest BCUT2D eigenvalue weighted by Crippen LogP contribution is -2.51. The number of rotatable bonds is 7. The van der Waals surface area contributed by atoms with Gasteiger partial charge in [-0.05, 0) is 37.3 Å². The summed E-state index contributed by atoms with van der Waals surface area (Å²) in [7, 11) is 3.10. The van der Waals surface area contributed by atoms with Gasteiger partial charge in [0.25, 0.3) is 5.91 Å². The van der Waals surface area contributed by atoms with E-state index in [1.54, 1.807) is 55.2 Å². The van der Waals surface area contributed by atoms with Gasteiger partial charge in [0.1, 0.15) is 0 Å². The highest BCUT2D eigenvalue weighted by atomic mass is 16.6. The predicted molar refractivity (Wildman–Crippen MR) is 136 cm³/mol. The Labute approximate surface area is 214 Å². The Bertz CT molecular complexity index is 1300. The van der Waals surface area contributed by atoms with E-state index in [4.69, 9.17) is 23.9 Å². The lowest BCUT2D eigenvalue weighted by atomic mass is 10.0. The van der Waals surface area contributed by atoms with Crippen molar-refractivity contribution in [2.75, 3.05) is 53.6 Å². The van der Waals surface area contributed by atoms with Crippen molar-refractivity contribution in [3.05, 3.63) is 54.1 Å². The Morgan fingerprint density at radius 3 is 2.27 bits per heavy atom. The van der Waals surface area contributed by atoms with Crippen molar-refractivity contribution in [1.82, 2.24) is 14.8 Å². The van der Waals surface area contributed by atoms with Crippen molar-refractivity contribution >= 4 is 28.9 Å². The molecule has 0 bridgehead atoms. The molecule has 0 aliphatic carbocycles. The highest BCUT2D eigenvalue weighted by molar-refractivity contribution is 6.05. The number of amides is 2. The van der Waals surface area contributed by atoms with E-state index >= 15 is 0 Å². The zero-order valence-electron chi connectivity index (χ0n) is 21.1. The molecule has 1 fully saturated rings. The fraction of sp³-hybridized carbons (Fsp3) is 0.333. The molecular formula is C27H29N3O7. The number of piperazine rings is 1. The van der Waals surface area contributed by atoms with E-state index in [1.807, 2.05) is 24.3 Å². The van der Waals surface area contributed by atoms with E-state index in [0.717, 1.165) is 5.56 Å². The molecule has 2 heterocycles. The smallest absolute Gasteiger partial charge is 0.409 e. The van der Waals surface area contributed by atoms with Crippen molar-refractivity contribution in [3.8, 4) is 22.8 Å². The summed E-state index contributed by atoms with van der Waals surface area (Å²) in [4.78, 5) is 45.5. The van der Waals surface area contributed by atoms with Crippen LogP contribution in [0.4, 0.5) is 4.79 Å². The molecule has 0 N–H and O–H groups in total. The van der Waals surface area contributed by atoms with Gasteiger partial charge in [-0.3, -0.25) is 4.79 Å². The maximum atomic E-state index is 13.1. The molecule has 3 aromatic rings. The number of nitrogens with zero attached hydrogens (tertiary/aromatic N) is 3. The average Bonchev–Trinajstić information content (AvgIpc) is 2.94. The number of hydrogen-bond donors (Lipinski definition) is 0. The third-order valence-corrected chi connectivity index (χ3v) is 6.10. The van der Waals surface area contributed by atoms with Crippen molar-refractivity contribution in [1.29, 1.82) is 0 Å². The number of carbonyl (C=O) groups is 3. The zero-order chi connectivity index (χ0) is 26.4. The molecule has 10 nitrogen and oxygen atoms in total. The van der Waals surface area contributed by atoms with Gasteiger partial charge in [0.2, 0.25) is 0 Å². The minimum absolute atomic E-state index is 0.297. The lowest BCUT2D eigenvalue weighted by Gasteiger charge is -2.33. The maximum absolute atomic E-state index is 13.1. The molecule has 1 aliphatic rings. The van der Waals surface area contributed by atoms with E-state index in [2.05, 4.69) is 0 Å². The predicted octanol–water partition coefficient (Wildman–Crippen LogP) is 3.38. The van der Waals surface area contributed by atoms with Crippen LogP contribution in [-0.2, 0) is 14.3 Å². The Morgan fingerprint density at radius 2 is 1.57 bits per heavy atom. The second-order valence-electron chi connectivity index (χ2n) is 8.28. The fourth-order valence-electron chi connectivity index (χ4n) is 4.14. The third kappa shape index (κ3) is 5.74. The van der Waals surface area contributed by atoms with Gasteiger partial charge >= 0.3 is 12.1 Å². The Morgan fingerprint density at radius 1 is 0.865 bits per heavy atom. The Balaban J connectivity index is 1.49. The number of ether oxygens (including phenoxy) is 4. The van der Waals surface area contributed by atoms with Crippen LogP contribution in [0.25, 0.3) is 22.2 Å². The number of esters is 1. The van der Waals surface area contributed by atoms with Gasteiger partial charge in [0.15, 0.2) is 18.1 Å². The Kier molecular flexibility index (Phi) is 8.07. The first-order chi connectivity index (χ1) is 17.9. The van der Waals surface area contributed by atoms with Gasteiger partial charge < -0.3 is 28.7 Å². The number of aromatic nitrogens is 1. The van der Waals surface area contributed by atoms with E-state index in [0.29, 0.717) is 66.4 Å². The van der Waals surface area contributed by atoms with Gasteiger partial charge in [-0.25, -0.2) is 14.6 Å². The molecule has 2 amide bonds. The van der Waals surface area contributed by atoms with Gasteiger partial charge in [-0.15, -0.1) is 0 Å². The molecule has 0 spiro atoms. The highest BCUT2D eigenvalue weighted by Crippen LogP contribution is 2.33. The van der Waals surface area contributed by atoms with Crippen LogP contribution in [0.2, 0.25) is 0 Å². The number of pyridine rings is 1. The summed E-state index contributed by atoms with van der Waals surface area (Å²) in [6, 6.07) is 14.3. The van der Waals surface area contributed by atoms with Gasteiger partial charge in [-0.2, -0.15) is 0 Å². The minimum atomic E-state index is -0.626. The summed E-state index contributed by atoms with van der Waals surface area (Å²) in [5, 5.41) is 0.618. The largest absolute Gasteiger partial charge is 0.493 e. The topological polar surface area (TPSA) is 108 Å². The molecule has 194 valence electrons. The summed E-state index contributed by atoms with van der Waals surface area (Å²) >= 11 is 0. The Hall–Kier alpha value is -4.34. The van der Waals surface area contributed by atoms with Crippen LogP contribution in [0.3, 0.4) is 0 Å². The first-order valence-electron chi connectivity index (χ1n) is 11.9. The van der Waals surface area contributed by atoms with E-state index in [-0.39, 0.29) is 5.91 Å². The van der Waals surface area contributed by atoms with E-state index < -0.39 is 18.7 Å². The molecular weight excluding hydrogens is 478 g/mol. The van der Waals surface area contributed by atoms with Gasteiger partial charge in [-0.1, -0.05) is 18.2 Å². The molecule has 4 rings (SSSR count). The first kappa shape index (κ1) is 25.7. The number of benzene rings is 2. The molecule has 0 radical (unpaired) electrons. The number of methoxy groups -OCH3 is 2. The zero-order valence-corrected chi connectivity index (χ0v) is 21.1. The van der Waals surface area contributed by atoms with Gasteiger partial charge in [0.05, 0.1) is 37.6 Å². The van der Waals surface area contributed by atoms with Crippen LogP contribution >= 0.6 is 0 Å². The summed E-state index contributed by atoms with van der Waals surface area (Å²) in [5.74, 6) is 0.162. The van der Waals surface area contributed by atoms with Crippen molar-refractivity contribution in [3.63, 3.8) is 0 Å². The van der Waals surface area contributed by atoms with Gasteiger partial charge in [0, 0.05) is 37.1 Å². The monoisotopic (exact) mass is 507 g/mol. The molecule has 0 atom stereocenters. The second kappa shape index (κ2) is 11.6. The minimum Gasteiger partial charge on any atom is -0.493 e. The van der Waals surface area contributed by atoms with Crippen LogP contribution in [0.15, 0.2) is 48.5 Å². The molecule has 0 unspecified atom stereocenters. The number of hydrogen-bond acceptors (Lipinski definition) is 8. The fourth-order valence-corrected chi connectivity index (χ4v) is 4.14. The van der Waals surface area contributed by atoms with Crippen LogP contribution in [0.5, 0.6) is 11.5 Å². The number of fused-ring (bicyclic) bond motifs is 1. The van der Waals surface area contributed by atoms with Crippen molar-refractivity contribution in [2.45, 2.75) is 6.92 Å². The molecule has 0 saturated carbocycles. The lowest BCUT2D eigenvalue weighted by molar-refractivity contribution is -0.136. The van der Waals surface area contributed by atoms with Crippen molar-refractivity contribution < 1.29 is 33.3 Å². The van der Waals surface area contributed by atoms with E-state index in [9.17, 15) is 14.4 Å². The number of para-hydroxylation sites is 1. The molecule has 10 heteroatoms. The summed E-state index contributed by atoms with van der Waals surface area (Å²) < 4.78 is 21.1. The SMILES string of the molecule is CCOC(=O)N1CCN(C(=O)COC(=O)c2cc(-c3ccc(OC)c(OC)c3)nc3ccccc23)CC1. The quantitative estimate of drug-likeness (QED) is 0.448. The summed E-state index contributed by atoms with van der Waals surface area (Å²) in [6.45, 7) is 3.05. The highest BCUT2D eigenvalue weighted by Gasteiger charge is 2.26. The van der Waals surface area contributed by atoms with Crippen LogP contribution < -0.4 is 9.47 Å². The van der Waals surface area contributed by atoms with E-state index in [1.165, 1.54) is 0 Å². The maximum Gasteiger partial charge on any atom is 0.409 e. The molecule has 1 aromatic heterocycles. The molecule has 1 aliphatic heterocycles. The van der Waals surface area contributed by atoms with Crippen LogP contribution in [0, 0.1) is 0 Å². The molecule has 1 saturated heterocycles. The summed E-state index contributed by atoms with van der Waals surface area (Å²) in [6.07, 6.45) is -0.393.